The zero-order valence-electron chi connectivity index (χ0n) is 28.8. The van der Waals surface area contributed by atoms with Crippen molar-refractivity contribution in [3.8, 4) is 0 Å². The summed E-state index contributed by atoms with van der Waals surface area (Å²) >= 11 is 0. The highest BCUT2D eigenvalue weighted by molar-refractivity contribution is 5.97. The number of likely N-dealkylation sites (tertiary alicyclic amines) is 2. The summed E-state index contributed by atoms with van der Waals surface area (Å²) in [5.74, 6) is 0.144. The lowest BCUT2D eigenvalue weighted by molar-refractivity contribution is -0.128. The summed E-state index contributed by atoms with van der Waals surface area (Å²) in [5.41, 5.74) is 5.15. The van der Waals surface area contributed by atoms with E-state index in [-0.39, 0.29) is 47.6 Å². The van der Waals surface area contributed by atoms with Gasteiger partial charge in [0, 0.05) is 13.1 Å². The Balaban J connectivity index is 1.42. The van der Waals surface area contributed by atoms with Crippen LogP contribution in [-0.2, 0) is 9.59 Å². The molecule has 0 radical (unpaired) electrons. The van der Waals surface area contributed by atoms with Crippen LogP contribution in [0.15, 0.2) is 36.4 Å². The highest BCUT2D eigenvalue weighted by atomic mass is 16.5. The molecule has 2 aliphatic rings. The molecule has 248 valence electrons. The van der Waals surface area contributed by atoms with Crippen LogP contribution in [0.4, 0.5) is 11.4 Å². The van der Waals surface area contributed by atoms with E-state index in [1.807, 2.05) is 36.4 Å². The maximum absolute atomic E-state index is 13.8. The lowest BCUT2D eigenvalue weighted by atomic mass is 9.92. The number of nitrogens with zero attached hydrogens (tertiary/aromatic N) is 4. The maximum atomic E-state index is 13.8. The van der Waals surface area contributed by atoms with Crippen molar-refractivity contribution in [1.82, 2.24) is 9.80 Å². The molecular formula is C37H56N4O4. The minimum absolute atomic E-state index is 0.169. The highest BCUT2D eigenvalue weighted by Gasteiger charge is 2.38. The molecule has 2 saturated heterocycles. The number of hydrogen-bond acceptors (Lipinski definition) is 6. The van der Waals surface area contributed by atoms with Gasteiger partial charge in [-0.1, -0.05) is 91.8 Å². The van der Waals surface area contributed by atoms with Crippen LogP contribution in [0.1, 0.15) is 133 Å². The molecule has 45 heavy (non-hydrogen) atoms. The van der Waals surface area contributed by atoms with E-state index in [2.05, 4.69) is 65.2 Å². The van der Waals surface area contributed by atoms with E-state index < -0.39 is 0 Å². The van der Waals surface area contributed by atoms with Crippen LogP contribution in [0.25, 0.3) is 0 Å². The molecule has 2 aliphatic heterocycles. The summed E-state index contributed by atoms with van der Waals surface area (Å²) < 4.78 is 0. The molecule has 2 atom stereocenters. The molecule has 2 aromatic rings. The van der Waals surface area contributed by atoms with Crippen LogP contribution in [0.3, 0.4) is 0 Å². The Hall–Kier alpha value is -2.78. The van der Waals surface area contributed by atoms with E-state index in [0.717, 1.165) is 64.7 Å². The first-order valence-electron chi connectivity index (χ1n) is 17.1. The number of hydroxylamine groups is 2. The molecule has 0 unspecified atom stereocenters. The van der Waals surface area contributed by atoms with Crippen LogP contribution in [-0.4, -0.2) is 70.3 Å². The van der Waals surface area contributed by atoms with Crippen molar-refractivity contribution in [2.75, 3.05) is 36.3 Å². The lowest BCUT2D eigenvalue weighted by Crippen LogP contribution is -2.47. The molecule has 0 aliphatic carbocycles. The Labute approximate surface area is 270 Å². The van der Waals surface area contributed by atoms with Crippen molar-refractivity contribution in [3.63, 3.8) is 0 Å². The summed E-state index contributed by atoms with van der Waals surface area (Å²) in [6.45, 7) is 19.7. The molecule has 8 heteroatoms. The zero-order chi connectivity index (χ0) is 33.0. The van der Waals surface area contributed by atoms with Crippen molar-refractivity contribution in [2.24, 2.45) is 0 Å². The Kier molecular flexibility index (Phi) is 11.9. The predicted molar refractivity (Wildman–Crippen MR) is 182 cm³/mol. The maximum Gasteiger partial charge on any atom is 0.268 e. The van der Waals surface area contributed by atoms with E-state index in [9.17, 15) is 20.0 Å². The van der Waals surface area contributed by atoms with Gasteiger partial charge in [-0.25, -0.2) is 0 Å². The monoisotopic (exact) mass is 620 g/mol. The predicted octanol–water partition coefficient (Wildman–Crippen LogP) is 7.64. The molecule has 0 saturated carbocycles. The minimum atomic E-state index is -0.374. The van der Waals surface area contributed by atoms with Crippen molar-refractivity contribution in [2.45, 2.75) is 123 Å². The lowest BCUT2D eigenvalue weighted by Gasteiger charge is -2.32. The third kappa shape index (κ3) is 7.62. The number of para-hydroxylation sites is 2. The number of carbonyl (C=O) groups excluding carboxylic acids is 2. The minimum Gasteiger partial charge on any atom is -0.292 e. The van der Waals surface area contributed by atoms with Gasteiger partial charge in [0.15, 0.2) is 0 Å². The Morgan fingerprint density at radius 1 is 0.644 bits per heavy atom. The Bertz CT molecular complexity index is 1170. The Morgan fingerprint density at radius 2 is 0.956 bits per heavy atom. The molecule has 8 nitrogen and oxygen atoms in total. The molecule has 2 heterocycles. The number of benzene rings is 2. The smallest absolute Gasteiger partial charge is 0.268 e. The van der Waals surface area contributed by atoms with Gasteiger partial charge in [-0.15, -0.1) is 0 Å². The second-order valence-electron chi connectivity index (χ2n) is 14.2. The third-order valence-corrected chi connectivity index (χ3v) is 9.71. The molecule has 0 bridgehead atoms. The van der Waals surface area contributed by atoms with Gasteiger partial charge in [-0.05, 0) is 91.1 Å². The van der Waals surface area contributed by atoms with Gasteiger partial charge in [0.1, 0.15) is 0 Å². The summed E-state index contributed by atoms with van der Waals surface area (Å²) in [6, 6.07) is 11.3. The standard InChI is InChI=1S/C37H56N4O4/c1-24(2)28-14-9-15-29(25(3)4)34(28)40(44)36(42)32-18-11-20-38(32)22-13-23-39-21-12-19-33(39)37(43)41(45)35-30(26(5)6)16-10-17-31(35)27(7)8/h9-10,14-17,24-27,32-33,44-45H,11-13,18-23H2,1-8H3/t32-,33-/m0/s1. The molecule has 2 aromatic carbocycles. The van der Waals surface area contributed by atoms with Crippen LogP contribution in [0, 0.1) is 0 Å². The summed E-state index contributed by atoms with van der Waals surface area (Å²) in [6.07, 6.45) is 4.04. The highest BCUT2D eigenvalue weighted by Crippen LogP contribution is 2.37. The van der Waals surface area contributed by atoms with Gasteiger partial charge in [0.05, 0.1) is 23.5 Å². The molecule has 2 fully saturated rings. The van der Waals surface area contributed by atoms with Crippen LogP contribution in [0.2, 0.25) is 0 Å². The fraction of sp³-hybridized carbons (Fsp3) is 0.622. The normalized spacial score (nSPS) is 19.4. The molecule has 2 N–H and O–H groups in total. The number of carbonyl (C=O) groups is 2. The molecule has 4 rings (SSSR count). The average molecular weight is 621 g/mol. The van der Waals surface area contributed by atoms with Crippen LogP contribution in [0.5, 0.6) is 0 Å². The quantitative estimate of drug-likeness (QED) is 0.187. The number of hydrogen-bond donors (Lipinski definition) is 2. The molecule has 0 aromatic heterocycles. The van der Waals surface area contributed by atoms with E-state index in [0.29, 0.717) is 37.3 Å². The number of anilines is 2. The fourth-order valence-electron chi connectivity index (χ4n) is 7.24. The molecular weight excluding hydrogens is 564 g/mol. The first kappa shape index (κ1) is 35.1. The summed E-state index contributed by atoms with van der Waals surface area (Å²) in [7, 11) is 0. The first-order chi connectivity index (χ1) is 21.3. The van der Waals surface area contributed by atoms with Crippen molar-refractivity contribution in [3.05, 3.63) is 58.7 Å². The average Bonchev–Trinajstić information content (AvgIpc) is 3.68. The first-order valence-corrected chi connectivity index (χ1v) is 17.1. The zero-order valence-corrected chi connectivity index (χ0v) is 28.8. The molecule has 0 spiro atoms. The van der Waals surface area contributed by atoms with Gasteiger partial charge in [0.25, 0.3) is 11.8 Å². The number of amides is 2. The van der Waals surface area contributed by atoms with Crippen molar-refractivity contribution >= 4 is 23.2 Å². The van der Waals surface area contributed by atoms with Gasteiger partial charge >= 0.3 is 0 Å². The fourth-order valence-corrected chi connectivity index (χ4v) is 7.24. The second kappa shape index (κ2) is 15.2. The molecule has 2 amide bonds. The van der Waals surface area contributed by atoms with Crippen LogP contribution >= 0.6 is 0 Å². The third-order valence-electron chi connectivity index (χ3n) is 9.71. The summed E-state index contributed by atoms with van der Waals surface area (Å²) in [4.78, 5) is 31.9. The van der Waals surface area contributed by atoms with Gasteiger partial charge in [-0.2, -0.15) is 10.1 Å². The van der Waals surface area contributed by atoms with E-state index in [4.69, 9.17) is 0 Å². The van der Waals surface area contributed by atoms with E-state index >= 15 is 0 Å². The SMILES string of the molecule is CC(C)c1cccc(C(C)C)c1N(O)C(=O)[C@@H]1CCCN1CCCN1CCC[C@H]1C(=O)N(O)c1c(C(C)C)cccc1C(C)C. The largest absolute Gasteiger partial charge is 0.292 e. The van der Waals surface area contributed by atoms with E-state index in [1.165, 1.54) is 0 Å². The van der Waals surface area contributed by atoms with Crippen molar-refractivity contribution < 1.29 is 20.0 Å². The van der Waals surface area contributed by atoms with Crippen molar-refractivity contribution in [1.29, 1.82) is 0 Å². The Morgan fingerprint density at radius 3 is 1.24 bits per heavy atom. The van der Waals surface area contributed by atoms with Gasteiger partial charge in [-0.3, -0.25) is 29.8 Å². The topological polar surface area (TPSA) is 87.6 Å². The number of rotatable bonds is 12. The van der Waals surface area contributed by atoms with Gasteiger partial charge in [0.2, 0.25) is 0 Å². The van der Waals surface area contributed by atoms with Gasteiger partial charge < -0.3 is 0 Å². The van der Waals surface area contributed by atoms with Crippen LogP contribution < -0.4 is 10.1 Å². The second-order valence-corrected chi connectivity index (χ2v) is 14.2. The summed E-state index contributed by atoms with van der Waals surface area (Å²) in [5, 5.41) is 24.6. The van der Waals surface area contributed by atoms with E-state index in [1.54, 1.807) is 0 Å².